The zero-order valence-corrected chi connectivity index (χ0v) is 17.3. The Morgan fingerprint density at radius 2 is 1.94 bits per heavy atom. The molecule has 0 aliphatic carbocycles. The number of likely N-dealkylation sites (tertiary alicyclic amines) is 1. The highest BCUT2D eigenvalue weighted by Crippen LogP contribution is 2.27. The van der Waals surface area contributed by atoms with Crippen molar-refractivity contribution in [3.05, 3.63) is 72.6 Å². The number of hydrogen-bond donors (Lipinski definition) is 1. The second-order valence-corrected chi connectivity index (χ2v) is 8.00. The molecule has 1 saturated heterocycles. The van der Waals surface area contributed by atoms with Crippen molar-refractivity contribution in [3.63, 3.8) is 0 Å². The summed E-state index contributed by atoms with van der Waals surface area (Å²) in [5.74, 6) is 1.42. The van der Waals surface area contributed by atoms with Gasteiger partial charge in [0, 0.05) is 40.5 Å². The van der Waals surface area contributed by atoms with Gasteiger partial charge in [-0.3, -0.25) is 9.78 Å². The van der Waals surface area contributed by atoms with Crippen LogP contribution in [0, 0.1) is 0 Å². The summed E-state index contributed by atoms with van der Waals surface area (Å²) in [5, 5.41) is 4.86. The fourth-order valence-electron chi connectivity index (χ4n) is 4.03. The Hall–Kier alpha value is -3.58. The van der Waals surface area contributed by atoms with E-state index in [-0.39, 0.29) is 5.91 Å². The van der Waals surface area contributed by atoms with Crippen molar-refractivity contribution in [1.29, 1.82) is 0 Å². The Morgan fingerprint density at radius 1 is 1.06 bits per heavy atom. The molecule has 1 N–H and O–H groups in total. The molecule has 156 valence electrons. The van der Waals surface area contributed by atoms with Crippen LogP contribution < -0.4 is 5.32 Å². The molecule has 4 heterocycles. The van der Waals surface area contributed by atoms with Gasteiger partial charge in [0.05, 0.1) is 6.20 Å². The minimum absolute atomic E-state index is 0.185. The van der Waals surface area contributed by atoms with Gasteiger partial charge in [-0.25, -0.2) is 9.97 Å². The Morgan fingerprint density at radius 3 is 2.74 bits per heavy atom. The summed E-state index contributed by atoms with van der Waals surface area (Å²) >= 11 is 0. The molecule has 31 heavy (non-hydrogen) atoms. The standard InChI is InChI=1S/C24H23N5O2/c1-29-8-5-16(6-9-29)21-11-18(4-7-26-21)24(30)28-23-12-20-10-17(22-14-25-15-31-22)2-3-19(20)13-27-23/h2-4,7,10-16H,5-6,8-9H2,1H3,(H,27,28,30). The van der Waals surface area contributed by atoms with Gasteiger partial charge < -0.3 is 14.6 Å². The molecular formula is C24H23N5O2. The van der Waals surface area contributed by atoms with Crippen molar-refractivity contribution in [2.45, 2.75) is 18.8 Å². The van der Waals surface area contributed by atoms with Crippen molar-refractivity contribution >= 4 is 22.5 Å². The van der Waals surface area contributed by atoms with E-state index in [0.717, 1.165) is 48.0 Å². The molecule has 7 nitrogen and oxygen atoms in total. The average molecular weight is 413 g/mol. The normalized spacial score (nSPS) is 15.3. The first kappa shape index (κ1) is 19.4. The third kappa shape index (κ3) is 4.18. The zero-order chi connectivity index (χ0) is 21.2. The first-order chi connectivity index (χ1) is 15.2. The Bertz CT molecular complexity index is 1210. The molecule has 7 heteroatoms. The van der Waals surface area contributed by atoms with E-state index in [4.69, 9.17) is 4.42 Å². The lowest BCUT2D eigenvalue weighted by molar-refractivity contribution is 0.102. The molecule has 5 rings (SSSR count). The lowest BCUT2D eigenvalue weighted by atomic mass is 9.92. The predicted octanol–water partition coefficient (Wildman–Crippen LogP) is 4.35. The number of benzene rings is 1. The molecule has 0 bridgehead atoms. The summed E-state index contributed by atoms with van der Waals surface area (Å²) in [4.78, 5) is 28.1. The van der Waals surface area contributed by atoms with Crippen molar-refractivity contribution in [2.75, 3.05) is 25.5 Å². The second kappa shape index (κ2) is 8.28. The molecule has 1 aromatic carbocycles. The fraction of sp³-hybridized carbons (Fsp3) is 0.250. The molecule has 0 radical (unpaired) electrons. The highest BCUT2D eigenvalue weighted by Gasteiger charge is 2.20. The molecule has 4 aromatic rings. The van der Waals surface area contributed by atoms with E-state index < -0.39 is 0 Å². The molecule has 0 atom stereocenters. The number of nitrogens with one attached hydrogen (secondary N) is 1. The summed E-state index contributed by atoms with van der Waals surface area (Å²) in [6, 6.07) is 11.5. The maximum Gasteiger partial charge on any atom is 0.256 e. The summed E-state index contributed by atoms with van der Waals surface area (Å²) in [5.41, 5.74) is 2.51. The van der Waals surface area contributed by atoms with Crippen molar-refractivity contribution < 1.29 is 9.21 Å². The van der Waals surface area contributed by atoms with Crippen molar-refractivity contribution in [3.8, 4) is 11.3 Å². The summed E-state index contributed by atoms with van der Waals surface area (Å²) < 4.78 is 5.38. The monoisotopic (exact) mass is 413 g/mol. The van der Waals surface area contributed by atoms with Gasteiger partial charge >= 0.3 is 0 Å². The van der Waals surface area contributed by atoms with Crippen LogP contribution in [0.2, 0.25) is 0 Å². The zero-order valence-electron chi connectivity index (χ0n) is 17.3. The summed E-state index contributed by atoms with van der Waals surface area (Å²) in [7, 11) is 2.14. The van der Waals surface area contributed by atoms with Crippen molar-refractivity contribution in [2.24, 2.45) is 0 Å². The highest BCUT2D eigenvalue weighted by atomic mass is 16.3. The van der Waals surface area contributed by atoms with Crippen LogP contribution in [-0.2, 0) is 0 Å². The van der Waals surface area contributed by atoms with E-state index in [1.807, 2.05) is 30.3 Å². The topological polar surface area (TPSA) is 84.2 Å². The maximum absolute atomic E-state index is 12.9. The van der Waals surface area contributed by atoms with Crippen LogP contribution in [0.3, 0.4) is 0 Å². The number of piperidine rings is 1. The number of anilines is 1. The number of oxazole rings is 1. The van der Waals surface area contributed by atoms with Crippen LogP contribution in [-0.4, -0.2) is 45.9 Å². The van der Waals surface area contributed by atoms with Gasteiger partial charge in [-0.2, -0.15) is 0 Å². The van der Waals surface area contributed by atoms with Crippen molar-refractivity contribution in [1.82, 2.24) is 19.9 Å². The van der Waals surface area contributed by atoms with E-state index in [1.165, 1.54) is 6.39 Å². The molecule has 1 aliphatic heterocycles. The van der Waals surface area contributed by atoms with Gasteiger partial charge in [0.1, 0.15) is 5.82 Å². The molecule has 1 aliphatic rings. The van der Waals surface area contributed by atoms with Crippen LogP contribution in [0.15, 0.2) is 65.8 Å². The van der Waals surface area contributed by atoms with E-state index in [2.05, 4.69) is 32.2 Å². The summed E-state index contributed by atoms with van der Waals surface area (Å²) in [6.07, 6.45) is 8.69. The van der Waals surface area contributed by atoms with Crippen LogP contribution in [0.4, 0.5) is 5.82 Å². The number of carbonyl (C=O) groups is 1. The number of fused-ring (bicyclic) bond motifs is 1. The number of carbonyl (C=O) groups excluding carboxylic acids is 1. The third-order valence-electron chi connectivity index (χ3n) is 5.86. The molecule has 1 fully saturated rings. The molecule has 0 spiro atoms. The summed E-state index contributed by atoms with van der Waals surface area (Å²) in [6.45, 7) is 2.11. The van der Waals surface area contributed by atoms with Gasteiger partial charge in [-0.05, 0) is 62.6 Å². The largest absolute Gasteiger partial charge is 0.444 e. The van der Waals surface area contributed by atoms with E-state index in [9.17, 15) is 4.79 Å². The number of hydrogen-bond acceptors (Lipinski definition) is 6. The number of pyridine rings is 2. The maximum atomic E-state index is 12.9. The molecule has 0 unspecified atom stereocenters. The van der Waals surface area contributed by atoms with Gasteiger partial charge in [0.2, 0.25) is 0 Å². The molecule has 0 saturated carbocycles. The highest BCUT2D eigenvalue weighted by molar-refractivity contribution is 6.04. The van der Waals surface area contributed by atoms with Crippen LogP contribution >= 0.6 is 0 Å². The van der Waals surface area contributed by atoms with Gasteiger partial charge in [0.15, 0.2) is 12.2 Å². The first-order valence-electron chi connectivity index (χ1n) is 10.4. The molecule has 3 aromatic heterocycles. The predicted molar refractivity (Wildman–Crippen MR) is 119 cm³/mol. The minimum atomic E-state index is -0.185. The second-order valence-electron chi connectivity index (χ2n) is 8.00. The lowest BCUT2D eigenvalue weighted by Crippen LogP contribution is -2.29. The Balaban J connectivity index is 1.35. The SMILES string of the molecule is CN1CCC(c2cc(C(=O)Nc3cc4cc(-c5cnco5)ccc4cn3)ccn2)CC1. The van der Waals surface area contributed by atoms with Crippen LogP contribution in [0.5, 0.6) is 0 Å². The first-order valence-corrected chi connectivity index (χ1v) is 10.4. The number of rotatable bonds is 4. The smallest absolute Gasteiger partial charge is 0.256 e. The third-order valence-corrected chi connectivity index (χ3v) is 5.86. The van der Waals surface area contributed by atoms with Crippen LogP contribution in [0.25, 0.3) is 22.1 Å². The molecular weight excluding hydrogens is 390 g/mol. The van der Waals surface area contributed by atoms with Gasteiger partial charge in [-0.1, -0.05) is 12.1 Å². The van der Waals surface area contributed by atoms with Gasteiger partial charge in [-0.15, -0.1) is 0 Å². The lowest BCUT2D eigenvalue weighted by Gasteiger charge is -2.28. The number of amides is 1. The Labute approximate surface area is 180 Å². The van der Waals surface area contributed by atoms with Crippen LogP contribution in [0.1, 0.15) is 34.8 Å². The average Bonchev–Trinajstić information content (AvgIpc) is 3.34. The quantitative estimate of drug-likeness (QED) is 0.536. The number of nitrogens with zero attached hydrogens (tertiary/aromatic N) is 4. The fourth-order valence-corrected chi connectivity index (χ4v) is 4.03. The van der Waals surface area contributed by atoms with Gasteiger partial charge in [0.25, 0.3) is 5.91 Å². The van der Waals surface area contributed by atoms with E-state index in [1.54, 1.807) is 24.7 Å². The Kier molecular flexibility index (Phi) is 5.18. The minimum Gasteiger partial charge on any atom is -0.444 e. The van der Waals surface area contributed by atoms with E-state index in [0.29, 0.717) is 23.1 Å². The molecule has 1 amide bonds. The number of aromatic nitrogens is 3. The van der Waals surface area contributed by atoms with E-state index >= 15 is 0 Å².